The Labute approximate surface area is 93.7 Å². The van der Waals surface area contributed by atoms with Gasteiger partial charge in [-0.1, -0.05) is 6.07 Å². The summed E-state index contributed by atoms with van der Waals surface area (Å²) >= 11 is 4.90. The first-order valence-corrected chi connectivity index (χ1v) is 4.93. The molecule has 1 heterocycles. The van der Waals surface area contributed by atoms with Crippen molar-refractivity contribution >= 4 is 29.0 Å². The molecule has 0 aliphatic heterocycles. The summed E-state index contributed by atoms with van der Waals surface area (Å²) in [6.45, 7) is 1.81. The van der Waals surface area contributed by atoms with E-state index in [-0.39, 0.29) is 11.0 Å². The number of aromatic nitrogens is 1. The fourth-order valence-corrected chi connectivity index (χ4v) is 1.05. The molecule has 1 aromatic heterocycles. The zero-order valence-corrected chi connectivity index (χ0v) is 9.21. The van der Waals surface area contributed by atoms with E-state index in [1.165, 1.54) is 6.92 Å². The predicted octanol–water partition coefficient (Wildman–Crippen LogP) is 1.77. The number of hydrogen-bond donors (Lipinski definition) is 1. The molecule has 1 N–H and O–H groups in total. The van der Waals surface area contributed by atoms with E-state index < -0.39 is 0 Å². The van der Waals surface area contributed by atoms with Gasteiger partial charge in [-0.2, -0.15) is 0 Å². The Morgan fingerprint density at radius 2 is 2.40 bits per heavy atom. The highest BCUT2D eigenvalue weighted by Crippen LogP contribution is 2.00. The van der Waals surface area contributed by atoms with E-state index in [1.54, 1.807) is 12.3 Å². The van der Waals surface area contributed by atoms with Gasteiger partial charge in [0.2, 0.25) is 0 Å². The molecule has 0 aliphatic rings. The highest BCUT2D eigenvalue weighted by molar-refractivity contribution is 7.80. The first-order valence-electron chi connectivity index (χ1n) is 4.53. The van der Waals surface area contributed by atoms with Crippen LogP contribution in [0.15, 0.2) is 24.4 Å². The van der Waals surface area contributed by atoms with Crippen molar-refractivity contribution in [2.45, 2.75) is 13.3 Å². The quantitative estimate of drug-likeness (QED) is 0.790. The van der Waals surface area contributed by atoms with Crippen LogP contribution in [0.25, 0.3) is 0 Å². The maximum atomic E-state index is 10.6. The van der Waals surface area contributed by atoms with Crippen molar-refractivity contribution in [2.24, 2.45) is 0 Å². The smallest absolute Gasteiger partial charge is 0.262 e. The minimum Gasteiger partial charge on any atom is -0.470 e. The lowest BCUT2D eigenvalue weighted by Gasteiger charge is -2.07. The van der Waals surface area contributed by atoms with E-state index in [2.05, 4.69) is 10.3 Å². The standard InChI is InChI=1S/C10H12N2O2S/c1-8(13)5-7-14-10(15)12-9-4-2-3-6-11-9/h2-4,6H,5,7H2,1H3,(H,11,12,15). The molecule has 0 fully saturated rings. The molecule has 0 atom stereocenters. The summed E-state index contributed by atoms with van der Waals surface area (Å²) in [7, 11) is 0. The van der Waals surface area contributed by atoms with E-state index in [4.69, 9.17) is 17.0 Å². The van der Waals surface area contributed by atoms with Crippen LogP contribution in [-0.4, -0.2) is 22.5 Å². The molecule has 0 saturated carbocycles. The number of carbonyl (C=O) groups excluding carboxylic acids is 1. The predicted molar refractivity (Wildman–Crippen MR) is 61.7 cm³/mol. The molecule has 0 spiro atoms. The van der Waals surface area contributed by atoms with Crippen LogP contribution in [0.3, 0.4) is 0 Å². The number of Topliss-reactive ketones (excluding diaryl/α,β-unsaturated/α-hetero) is 1. The van der Waals surface area contributed by atoms with Crippen molar-refractivity contribution in [3.8, 4) is 0 Å². The minimum absolute atomic E-state index is 0.0793. The highest BCUT2D eigenvalue weighted by atomic mass is 32.1. The Bertz CT molecular complexity index is 341. The van der Waals surface area contributed by atoms with Gasteiger partial charge in [0.25, 0.3) is 5.17 Å². The Balaban J connectivity index is 2.28. The van der Waals surface area contributed by atoms with Crippen molar-refractivity contribution in [1.82, 2.24) is 4.98 Å². The Hall–Kier alpha value is -1.49. The van der Waals surface area contributed by atoms with E-state index >= 15 is 0 Å². The molecule has 1 aromatic rings. The monoisotopic (exact) mass is 224 g/mol. The maximum absolute atomic E-state index is 10.6. The van der Waals surface area contributed by atoms with Gasteiger partial charge in [0.1, 0.15) is 11.6 Å². The van der Waals surface area contributed by atoms with Gasteiger partial charge in [-0.05, 0) is 31.3 Å². The van der Waals surface area contributed by atoms with Gasteiger partial charge in [-0.15, -0.1) is 0 Å². The van der Waals surface area contributed by atoms with Gasteiger partial charge >= 0.3 is 0 Å². The van der Waals surface area contributed by atoms with Gasteiger partial charge in [-0.3, -0.25) is 4.79 Å². The van der Waals surface area contributed by atoms with Crippen LogP contribution in [0.2, 0.25) is 0 Å². The summed E-state index contributed by atoms with van der Waals surface area (Å²) in [4.78, 5) is 14.6. The molecule has 15 heavy (non-hydrogen) atoms. The number of carbonyl (C=O) groups is 1. The molecule has 80 valence electrons. The first kappa shape index (κ1) is 11.6. The van der Waals surface area contributed by atoms with Crippen LogP contribution in [0, 0.1) is 0 Å². The average molecular weight is 224 g/mol. The minimum atomic E-state index is 0.0793. The summed E-state index contributed by atoms with van der Waals surface area (Å²) in [5.74, 6) is 0.709. The largest absolute Gasteiger partial charge is 0.470 e. The van der Waals surface area contributed by atoms with E-state index in [9.17, 15) is 4.79 Å². The first-order chi connectivity index (χ1) is 7.18. The summed E-state index contributed by atoms with van der Waals surface area (Å²) in [5, 5.41) is 3.03. The number of nitrogens with zero attached hydrogens (tertiary/aromatic N) is 1. The van der Waals surface area contributed by atoms with E-state index in [1.807, 2.05) is 12.1 Å². The van der Waals surface area contributed by atoms with Gasteiger partial charge in [0, 0.05) is 12.6 Å². The van der Waals surface area contributed by atoms with Crippen LogP contribution in [0.1, 0.15) is 13.3 Å². The number of rotatable bonds is 4. The fraction of sp³-hybridized carbons (Fsp3) is 0.300. The number of anilines is 1. The summed E-state index contributed by atoms with van der Waals surface area (Å²) in [6, 6.07) is 5.43. The molecule has 0 bridgehead atoms. The number of nitrogens with one attached hydrogen (secondary N) is 1. The Kier molecular flexibility index (Phi) is 4.70. The second-order valence-electron chi connectivity index (χ2n) is 2.93. The zero-order valence-electron chi connectivity index (χ0n) is 8.40. The molecule has 0 aromatic carbocycles. The number of thiocarbonyl (C=S) groups is 1. The van der Waals surface area contributed by atoms with Crippen LogP contribution in [0.5, 0.6) is 0 Å². The van der Waals surface area contributed by atoms with E-state index in [0.717, 1.165) is 0 Å². The molecule has 0 aliphatic carbocycles. The van der Waals surface area contributed by atoms with E-state index in [0.29, 0.717) is 18.8 Å². The maximum Gasteiger partial charge on any atom is 0.262 e. The lowest BCUT2D eigenvalue weighted by Crippen LogP contribution is -2.15. The molecule has 0 amide bonds. The van der Waals surface area contributed by atoms with Gasteiger partial charge in [-0.25, -0.2) is 4.98 Å². The van der Waals surface area contributed by atoms with Crippen LogP contribution in [-0.2, 0) is 9.53 Å². The second-order valence-corrected chi connectivity index (χ2v) is 3.30. The van der Waals surface area contributed by atoms with Crippen LogP contribution < -0.4 is 5.32 Å². The Morgan fingerprint density at radius 3 is 3.00 bits per heavy atom. The van der Waals surface area contributed by atoms with Crippen molar-refractivity contribution in [3.63, 3.8) is 0 Å². The third-order valence-corrected chi connectivity index (χ3v) is 1.80. The molecule has 1 rings (SSSR count). The molecular formula is C10H12N2O2S. The van der Waals surface area contributed by atoms with Gasteiger partial charge in [0.15, 0.2) is 0 Å². The van der Waals surface area contributed by atoms with Crippen LogP contribution in [0.4, 0.5) is 5.82 Å². The molecule has 0 radical (unpaired) electrons. The lowest BCUT2D eigenvalue weighted by atomic mass is 10.3. The molecular weight excluding hydrogens is 212 g/mol. The normalized spacial score (nSPS) is 9.40. The third kappa shape index (κ3) is 5.07. The zero-order chi connectivity index (χ0) is 11.1. The van der Waals surface area contributed by atoms with Gasteiger partial charge < -0.3 is 10.1 Å². The fourth-order valence-electron chi connectivity index (χ4n) is 0.865. The summed E-state index contributed by atoms with van der Waals surface area (Å²) < 4.78 is 5.12. The SMILES string of the molecule is CC(=O)CCOC(=S)Nc1ccccn1. The summed E-state index contributed by atoms with van der Waals surface area (Å²) in [5.41, 5.74) is 0. The van der Waals surface area contributed by atoms with Crippen molar-refractivity contribution in [1.29, 1.82) is 0 Å². The van der Waals surface area contributed by atoms with Gasteiger partial charge in [0.05, 0.1) is 6.61 Å². The van der Waals surface area contributed by atoms with Crippen molar-refractivity contribution in [2.75, 3.05) is 11.9 Å². The van der Waals surface area contributed by atoms with Crippen LogP contribution >= 0.6 is 12.2 Å². The molecule has 4 nitrogen and oxygen atoms in total. The Morgan fingerprint density at radius 1 is 1.60 bits per heavy atom. The average Bonchev–Trinajstić information content (AvgIpc) is 2.18. The molecule has 5 heteroatoms. The summed E-state index contributed by atoms with van der Waals surface area (Å²) in [6.07, 6.45) is 2.02. The lowest BCUT2D eigenvalue weighted by molar-refractivity contribution is -0.117. The molecule has 0 saturated heterocycles. The third-order valence-electron chi connectivity index (χ3n) is 1.58. The number of hydrogen-bond acceptors (Lipinski definition) is 4. The van der Waals surface area contributed by atoms with Crippen molar-refractivity contribution < 1.29 is 9.53 Å². The number of ether oxygens (including phenoxy) is 1. The number of ketones is 1. The number of pyridine rings is 1. The van der Waals surface area contributed by atoms with Crippen molar-refractivity contribution in [3.05, 3.63) is 24.4 Å². The highest BCUT2D eigenvalue weighted by Gasteiger charge is 2.00. The second kappa shape index (κ2) is 6.08. The molecule has 0 unspecified atom stereocenters. The topological polar surface area (TPSA) is 51.2 Å².